The zero-order valence-corrected chi connectivity index (χ0v) is 21.8. The van der Waals surface area contributed by atoms with Gasteiger partial charge in [-0.15, -0.1) is 0 Å². The molecule has 1 amide bonds. The number of hydrogen-bond donors (Lipinski definition) is 2. The van der Waals surface area contributed by atoms with E-state index in [1.807, 2.05) is 0 Å². The predicted octanol–water partition coefficient (Wildman–Crippen LogP) is 2.62. The van der Waals surface area contributed by atoms with Crippen LogP contribution in [0.2, 0.25) is 25.7 Å². The standard InChI is InChI=1S/C21H40N2O8Si/c1-20(2,3)30-18(27)15(12-16(24)25)23(19(28)31-21(4,5)6)13-14(22)17(26)29-10-11-32(7,8)9/h14-15H,10-13,22H2,1-9H3,(H,24,25)/t14-,15+/m1/s1. The van der Waals surface area contributed by atoms with Crippen LogP contribution in [0.4, 0.5) is 4.79 Å². The van der Waals surface area contributed by atoms with Gasteiger partial charge in [-0.3, -0.25) is 14.5 Å². The number of esters is 2. The monoisotopic (exact) mass is 476 g/mol. The van der Waals surface area contributed by atoms with Crippen LogP contribution in [-0.4, -0.2) is 78.5 Å². The Morgan fingerprint density at radius 3 is 1.84 bits per heavy atom. The van der Waals surface area contributed by atoms with Crippen LogP contribution in [0.25, 0.3) is 0 Å². The maximum absolute atomic E-state index is 12.9. The quantitative estimate of drug-likeness (QED) is 0.276. The van der Waals surface area contributed by atoms with E-state index in [4.69, 9.17) is 19.9 Å². The molecule has 0 heterocycles. The lowest BCUT2D eigenvalue weighted by Gasteiger charge is -2.34. The largest absolute Gasteiger partial charge is 0.481 e. The first-order chi connectivity index (χ1) is 14.2. The summed E-state index contributed by atoms with van der Waals surface area (Å²) in [6.45, 7) is 15.8. The van der Waals surface area contributed by atoms with Gasteiger partial charge in [-0.05, 0) is 47.6 Å². The Balaban J connectivity index is 5.75. The molecule has 0 bridgehead atoms. The molecule has 0 aliphatic carbocycles. The molecule has 0 fully saturated rings. The summed E-state index contributed by atoms with van der Waals surface area (Å²) < 4.78 is 15.9. The highest BCUT2D eigenvalue weighted by Gasteiger charge is 2.39. The van der Waals surface area contributed by atoms with Gasteiger partial charge in [0.05, 0.1) is 19.6 Å². The van der Waals surface area contributed by atoms with E-state index < -0.39 is 68.3 Å². The number of carbonyl (C=O) groups excluding carboxylic acids is 3. The lowest BCUT2D eigenvalue weighted by atomic mass is 10.1. The minimum absolute atomic E-state index is 0.194. The van der Waals surface area contributed by atoms with E-state index in [9.17, 15) is 24.3 Å². The summed E-state index contributed by atoms with van der Waals surface area (Å²) in [7, 11) is -1.44. The molecular formula is C21H40N2O8Si. The van der Waals surface area contributed by atoms with Crippen LogP contribution in [0.3, 0.4) is 0 Å². The summed E-state index contributed by atoms with van der Waals surface area (Å²) >= 11 is 0. The van der Waals surface area contributed by atoms with Crippen LogP contribution >= 0.6 is 0 Å². The van der Waals surface area contributed by atoms with Crippen molar-refractivity contribution in [1.82, 2.24) is 4.90 Å². The number of amides is 1. The number of ether oxygens (including phenoxy) is 3. The Hall–Kier alpha value is -2.14. The number of carboxylic acids is 1. The molecule has 0 aromatic rings. The van der Waals surface area contributed by atoms with E-state index in [1.165, 1.54) is 0 Å². The minimum atomic E-state index is -1.54. The topological polar surface area (TPSA) is 145 Å². The van der Waals surface area contributed by atoms with Gasteiger partial charge in [0.25, 0.3) is 0 Å². The summed E-state index contributed by atoms with van der Waals surface area (Å²) in [6.07, 6.45) is -1.73. The lowest BCUT2D eigenvalue weighted by molar-refractivity contribution is -0.164. The normalized spacial score (nSPS) is 14.2. The van der Waals surface area contributed by atoms with E-state index in [0.29, 0.717) is 0 Å². The second-order valence-electron chi connectivity index (χ2n) is 10.9. The van der Waals surface area contributed by atoms with Gasteiger partial charge in [0.1, 0.15) is 23.3 Å². The summed E-state index contributed by atoms with van der Waals surface area (Å²) in [5, 5.41) is 9.32. The van der Waals surface area contributed by atoms with Gasteiger partial charge in [-0.1, -0.05) is 19.6 Å². The third-order valence-electron chi connectivity index (χ3n) is 3.84. The molecule has 0 unspecified atom stereocenters. The molecule has 32 heavy (non-hydrogen) atoms. The summed E-state index contributed by atoms with van der Waals surface area (Å²) in [6, 6.07) is -2.11. The third-order valence-corrected chi connectivity index (χ3v) is 5.55. The molecule has 0 radical (unpaired) electrons. The van der Waals surface area contributed by atoms with Crippen molar-refractivity contribution < 1.29 is 38.5 Å². The van der Waals surface area contributed by atoms with Crippen molar-refractivity contribution in [3.8, 4) is 0 Å². The second kappa shape index (κ2) is 11.6. The van der Waals surface area contributed by atoms with Crippen LogP contribution in [0.1, 0.15) is 48.0 Å². The summed E-state index contributed by atoms with van der Waals surface area (Å²) in [5.74, 6) is -3.03. The fraction of sp³-hybridized carbons (Fsp3) is 0.810. The smallest absolute Gasteiger partial charge is 0.411 e. The number of nitrogens with zero attached hydrogens (tertiary/aromatic N) is 1. The van der Waals surface area contributed by atoms with Crippen molar-refractivity contribution in [3.63, 3.8) is 0 Å². The SMILES string of the molecule is CC(C)(C)OC(=O)[C@H](CC(=O)O)N(C[C@@H](N)C(=O)OCC[Si](C)(C)C)C(=O)OC(C)(C)C. The first kappa shape index (κ1) is 29.9. The maximum Gasteiger partial charge on any atom is 0.411 e. The second-order valence-corrected chi connectivity index (χ2v) is 16.5. The highest BCUT2D eigenvalue weighted by Crippen LogP contribution is 2.18. The molecule has 0 saturated carbocycles. The molecular weight excluding hydrogens is 436 g/mol. The summed E-state index contributed by atoms with van der Waals surface area (Å²) in [5.41, 5.74) is 4.10. The zero-order chi connectivity index (χ0) is 25.5. The molecule has 0 aliphatic rings. The average molecular weight is 477 g/mol. The van der Waals surface area contributed by atoms with Gasteiger partial charge < -0.3 is 25.1 Å². The highest BCUT2D eigenvalue weighted by atomic mass is 28.3. The maximum atomic E-state index is 12.9. The van der Waals surface area contributed by atoms with Crippen LogP contribution < -0.4 is 5.73 Å². The number of rotatable bonds is 10. The molecule has 0 aromatic heterocycles. The van der Waals surface area contributed by atoms with Gasteiger partial charge in [0.2, 0.25) is 0 Å². The molecule has 11 heteroatoms. The van der Waals surface area contributed by atoms with Crippen molar-refractivity contribution in [2.75, 3.05) is 13.2 Å². The Bertz CT molecular complexity index is 677. The molecule has 0 aliphatic heterocycles. The van der Waals surface area contributed by atoms with Gasteiger partial charge in [-0.25, -0.2) is 9.59 Å². The zero-order valence-electron chi connectivity index (χ0n) is 20.8. The van der Waals surface area contributed by atoms with Gasteiger partial charge in [-0.2, -0.15) is 0 Å². The van der Waals surface area contributed by atoms with Crippen molar-refractivity contribution in [1.29, 1.82) is 0 Å². The number of hydrogen-bond acceptors (Lipinski definition) is 8. The molecule has 3 N–H and O–H groups in total. The Morgan fingerprint density at radius 1 is 0.938 bits per heavy atom. The first-order valence-corrected chi connectivity index (χ1v) is 14.3. The lowest BCUT2D eigenvalue weighted by Crippen LogP contribution is -2.55. The van der Waals surface area contributed by atoms with E-state index in [0.717, 1.165) is 10.9 Å². The molecule has 186 valence electrons. The highest BCUT2D eigenvalue weighted by molar-refractivity contribution is 6.76. The molecule has 2 atom stereocenters. The predicted molar refractivity (Wildman–Crippen MR) is 122 cm³/mol. The molecule has 0 rings (SSSR count). The first-order valence-electron chi connectivity index (χ1n) is 10.6. The van der Waals surface area contributed by atoms with Crippen molar-refractivity contribution in [3.05, 3.63) is 0 Å². The van der Waals surface area contributed by atoms with Crippen LogP contribution in [0.15, 0.2) is 0 Å². The van der Waals surface area contributed by atoms with E-state index in [2.05, 4.69) is 19.6 Å². The number of nitrogens with two attached hydrogens (primary N) is 1. The Kier molecular flexibility index (Phi) is 10.9. The number of carboxylic acid groups (broad SMARTS) is 1. The van der Waals surface area contributed by atoms with Crippen molar-refractivity contribution in [2.24, 2.45) is 5.73 Å². The fourth-order valence-corrected chi connectivity index (χ4v) is 3.07. The van der Waals surface area contributed by atoms with Crippen LogP contribution in [-0.2, 0) is 28.6 Å². The van der Waals surface area contributed by atoms with Gasteiger partial charge in [0.15, 0.2) is 0 Å². The molecule has 0 aromatic carbocycles. The van der Waals surface area contributed by atoms with Crippen LogP contribution in [0.5, 0.6) is 0 Å². The van der Waals surface area contributed by atoms with Gasteiger partial charge >= 0.3 is 24.0 Å². The Morgan fingerprint density at radius 2 is 1.44 bits per heavy atom. The molecule has 10 nitrogen and oxygen atoms in total. The van der Waals surface area contributed by atoms with E-state index in [-0.39, 0.29) is 6.61 Å². The van der Waals surface area contributed by atoms with E-state index >= 15 is 0 Å². The minimum Gasteiger partial charge on any atom is -0.481 e. The average Bonchev–Trinajstić information content (AvgIpc) is 2.52. The number of carbonyl (C=O) groups is 4. The van der Waals surface area contributed by atoms with Crippen molar-refractivity contribution in [2.45, 2.75) is 96.9 Å². The van der Waals surface area contributed by atoms with Gasteiger partial charge in [0, 0.05) is 8.07 Å². The summed E-state index contributed by atoms with van der Waals surface area (Å²) in [4.78, 5) is 50.3. The van der Waals surface area contributed by atoms with Crippen molar-refractivity contribution >= 4 is 32.1 Å². The van der Waals surface area contributed by atoms with E-state index in [1.54, 1.807) is 41.5 Å². The van der Waals surface area contributed by atoms with Crippen LogP contribution in [0, 0.1) is 0 Å². The third kappa shape index (κ3) is 13.3. The Labute approximate surface area is 191 Å². The molecule has 0 spiro atoms. The number of aliphatic carboxylic acids is 1. The fourth-order valence-electron chi connectivity index (χ4n) is 2.36. The molecule has 0 saturated heterocycles.